The van der Waals surface area contributed by atoms with Crippen LogP contribution in [0.25, 0.3) is 16.7 Å². The highest BCUT2D eigenvalue weighted by molar-refractivity contribution is 6.30. The Labute approximate surface area is 196 Å². The molecule has 0 aliphatic carbocycles. The van der Waals surface area contributed by atoms with Gasteiger partial charge in [-0.1, -0.05) is 44.5 Å². The Morgan fingerprint density at radius 2 is 1.82 bits per heavy atom. The molecule has 1 fully saturated rings. The largest absolute Gasteiger partial charge is 0.378 e. The first-order valence-corrected chi connectivity index (χ1v) is 11.4. The molecule has 172 valence electrons. The summed E-state index contributed by atoms with van der Waals surface area (Å²) in [5, 5.41) is 14.2. The first kappa shape index (κ1) is 21.8. The molecular formula is C23H26ClN7O2. The van der Waals surface area contributed by atoms with E-state index >= 15 is 0 Å². The van der Waals surface area contributed by atoms with E-state index in [0.29, 0.717) is 59.5 Å². The van der Waals surface area contributed by atoms with Gasteiger partial charge in [0.05, 0.1) is 25.3 Å². The van der Waals surface area contributed by atoms with Crippen LogP contribution in [0.15, 0.2) is 35.1 Å². The Balaban J connectivity index is 1.71. The second-order valence-electron chi connectivity index (χ2n) is 9.53. The fraction of sp³-hybridized carbons (Fsp3) is 0.435. The molecule has 0 saturated carbocycles. The Morgan fingerprint density at radius 3 is 2.52 bits per heavy atom. The van der Waals surface area contributed by atoms with E-state index in [4.69, 9.17) is 16.3 Å². The van der Waals surface area contributed by atoms with Crippen molar-refractivity contribution in [3.63, 3.8) is 0 Å². The summed E-state index contributed by atoms with van der Waals surface area (Å²) in [5.41, 5.74) is 2.32. The lowest BCUT2D eigenvalue weighted by Crippen LogP contribution is -2.37. The van der Waals surface area contributed by atoms with Gasteiger partial charge in [0.15, 0.2) is 22.8 Å². The van der Waals surface area contributed by atoms with Crippen LogP contribution in [0.1, 0.15) is 32.2 Å². The zero-order valence-electron chi connectivity index (χ0n) is 19.0. The number of ether oxygens (including phenoxy) is 1. The molecule has 0 amide bonds. The van der Waals surface area contributed by atoms with Crippen molar-refractivity contribution in [1.82, 2.24) is 29.4 Å². The molecule has 0 bridgehead atoms. The molecule has 4 heterocycles. The van der Waals surface area contributed by atoms with Gasteiger partial charge in [0.25, 0.3) is 0 Å². The van der Waals surface area contributed by atoms with Crippen molar-refractivity contribution in [2.75, 3.05) is 31.2 Å². The molecule has 10 heteroatoms. The molecule has 33 heavy (non-hydrogen) atoms. The van der Waals surface area contributed by atoms with E-state index in [2.05, 4.69) is 46.0 Å². The Bertz CT molecular complexity index is 1370. The molecule has 1 aromatic carbocycles. The van der Waals surface area contributed by atoms with Crippen LogP contribution in [-0.4, -0.2) is 55.7 Å². The monoisotopic (exact) mass is 467 g/mol. The van der Waals surface area contributed by atoms with E-state index in [1.54, 1.807) is 4.57 Å². The van der Waals surface area contributed by atoms with Gasteiger partial charge in [0.1, 0.15) is 0 Å². The van der Waals surface area contributed by atoms with Crippen LogP contribution in [0, 0.1) is 5.41 Å². The summed E-state index contributed by atoms with van der Waals surface area (Å²) >= 11 is 6.06. The molecule has 0 spiro atoms. The van der Waals surface area contributed by atoms with E-state index in [9.17, 15) is 4.79 Å². The minimum absolute atomic E-state index is 0.0156. The maximum Gasteiger partial charge on any atom is 0.351 e. The summed E-state index contributed by atoms with van der Waals surface area (Å²) in [7, 11) is 0. The van der Waals surface area contributed by atoms with Crippen LogP contribution in [0.5, 0.6) is 0 Å². The molecule has 4 aromatic rings. The van der Waals surface area contributed by atoms with E-state index in [-0.39, 0.29) is 11.1 Å². The molecule has 5 rings (SSSR count). The van der Waals surface area contributed by atoms with Crippen LogP contribution < -0.4 is 10.6 Å². The molecular weight excluding hydrogens is 442 g/mol. The fourth-order valence-electron chi connectivity index (χ4n) is 4.02. The summed E-state index contributed by atoms with van der Waals surface area (Å²) in [6.07, 6.45) is 0.645. The molecule has 1 saturated heterocycles. The van der Waals surface area contributed by atoms with Gasteiger partial charge in [-0.2, -0.15) is 4.52 Å². The van der Waals surface area contributed by atoms with Crippen LogP contribution >= 0.6 is 11.6 Å². The van der Waals surface area contributed by atoms with E-state index in [0.717, 1.165) is 18.7 Å². The average molecular weight is 468 g/mol. The van der Waals surface area contributed by atoms with Gasteiger partial charge < -0.3 is 9.64 Å². The van der Waals surface area contributed by atoms with Crippen molar-refractivity contribution < 1.29 is 4.74 Å². The zero-order chi connectivity index (χ0) is 23.2. The number of hydrogen-bond acceptors (Lipinski definition) is 7. The number of anilines is 1. The lowest BCUT2D eigenvalue weighted by Gasteiger charge is -2.27. The quantitative estimate of drug-likeness (QED) is 0.455. The third kappa shape index (κ3) is 4.43. The maximum atomic E-state index is 13.6. The third-order valence-electron chi connectivity index (χ3n) is 5.60. The van der Waals surface area contributed by atoms with Gasteiger partial charge >= 0.3 is 5.69 Å². The lowest BCUT2D eigenvalue weighted by atomic mass is 9.92. The molecule has 0 unspecified atom stereocenters. The number of nitrogens with zero attached hydrogens (tertiary/aromatic N) is 7. The van der Waals surface area contributed by atoms with Gasteiger partial charge in [-0.3, -0.25) is 4.57 Å². The normalized spacial score (nSPS) is 15.0. The average Bonchev–Trinajstić information content (AvgIpc) is 3.20. The standard InChI is InChI=1S/C23H26ClN7O2/c1-23(2,3)13-18-25-21-20-17(12-19(26-27-20)29-8-10-33-11-9-29)30(22(32)31(21)28-18)14-15-4-6-16(24)7-5-15/h4-7,12H,8-11,13-14H2,1-3H3. The van der Waals surface area contributed by atoms with Crippen molar-refractivity contribution in [3.05, 3.63) is 57.2 Å². The van der Waals surface area contributed by atoms with Gasteiger partial charge in [0.2, 0.25) is 0 Å². The molecule has 1 aliphatic heterocycles. The summed E-state index contributed by atoms with van der Waals surface area (Å²) in [6.45, 7) is 9.42. The summed E-state index contributed by atoms with van der Waals surface area (Å²) in [6, 6.07) is 9.38. The third-order valence-corrected chi connectivity index (χ3v) is 5.86. The first-order valence-electron chi connectivity index (χ1n) is 11.0. The van der Waals surface area contributed by atoms with Crippen molar-refractivity contribution in [2.45, 2.75) is 33.7 Å². The van der Waals surface area contributed by atoms with Gasteiger partial charge in [0, 0.05) is 30.6 Å². The van der Waals surface area contributed by atoms with Crippen LogP contribution in [0.3, 0.4) is 0 Å². The second-order valence-corrected chi connectivity index (χ2v) is 9.97. The highest BCUT2D eigenvalue weighted by atomic mass is 35.5. The SMILES string of the molecule is CC(C)(C)Cc1nc2c3nnc(N4CCOCC4)cc3n(Cc3ccc(Cl)cc3)c(=O)n2n1. The van der Waals surface area contributed by atoms with Crippen molar-refractivity contribution >= 4 is 34.1 Å². The lowest BCUT2D eigenvalue weighted by molar-refractivity contribution is 0.122. The predicted molar refractivity (Wildman–Crippen MR) is 127 cm³/mol. The van der Waals surface area contributed by atoms with E-state index < -0.39 is 0 Å². The van der Waals surface area contributed by atoms with Crippen LogP contribution in [0.2, 0.25) is 5.02 Å². The molecule has 9 nitrogen and oxygen atoms in total. The van der Waals surface area contributed by atoms with Crippen molar-refractivity contribution in [1.29, 1.82) is 0 Å². The maximum absolute atomic E-state index is 13.6. The summed E-state index contributed by atoms with van der Waals surface area (Å²) < 4.78 is 8.49. The molecule has 0 atom stereocenters. The molecule has 0 N–H and O–H groups in total. The Morgan fingerprint density at radius 1 is 1.09 bits per heavy atom. The minimum atomic E-state index is -0.263. The molecule has 1 aliphatic rings. The van der Waals surface area contributed by atoms with Gasteiger partial charge in [-0.25, -0.2) is 9.78 Å². The Kier molecular flexibility index (Phi) is 5.54. The number of benzene rings is 1. The van der Waals surface area contributed by atoms with Gasteiger partial charge in [-0.15, -0.1) is 15.3 Å². The van der Waals surface area contributed by atoms with Gasteiger partial charge in [-0.05, 0) is 23.1 Å². The molecule has 0 radical (unpaired) electrons. The number of fused-ring (bicyclic) bond motifs is 3. The number of hydrogen-bond donors (Lipinski definition) is 0. The van der Waals surface area contributed by atoms with Crippen molar-refractivity contribution in [3.8, 4) is 0 Å². The number of aromatic nitrogens is 6. The number of morpholine rings is 1. The number of rotatable bonds is 4. The molecule has 3 aromatic heterocycles. The fourth-order valence-corrected chi connectivity index (χ4v) is 4.14. The van der Waals surface area contributed by atoms with E-state index in [1.165, 1.54) is 4.52 Å². The zero-order valence-corrected chi connectivity index (χ0v) is 19.7. The minimum Gasteiger partial charge on any atom is -0.378 e. The van der Waals surface area contributed by atoms with Crippen molar-refractivity contribution in [2.24, 2.45) is 5.41 Å². The topological polar surface area (TPSA) is 90.4 Å². The highest BCUT2D eigenvalue weighted by Crippen LogP contribution is 2.23. The van der Waals surface area contributed by atoms with Crippen LogP contribution in [-0.2, 0) is 17.7 Å². The van der Waals surface area contributed by atoms with E-state index in [1.807, 2.05) is 30.3 Å². The smallest absolute Gasteiger partial charge is 0.351 e. The predicted octanol–water partition coefficient (Wildman–Crippen LogP) is 2.96. The Hall–Kier alpha value is -3.04. The second kappa shape index (κ2) is 8.39. The van der Waals surface area contributed by atoms with Crippen LogP contribution in [0.4, 0.5) is 5.82 Å². The number of halogens is 1. The summed E-state index contributed by atoms with van der Waals surface area (Å²) in [5.74, 6) is 1.33. The first-order chi connectivity index (χ1) is 15.8. The summed E-state index contributed by atoms with van der Waals surface area (Å²) in [4.78, 5) is 20.4. The highest BCUT2D eigenvalue weighted by Gasteiger charge is 2.22.